The Morgan fingerprint density at radius 1 is 1.20 bits per heavy atom. The smallest absolute Gasteiger partial charge is 0.338 e. The molecule has 1 heterocycles. The number of ether oxygens (including phenoxy) is 1. The number of hydrogen-bond donors (Lipinski definition) is 1. The van der Waals surface area contributed by atoms with Crippen molar-refractivity contribution in [1.29, 1.82) is 0 Å². The molecule has 1 aromatic heterocycles. The van der Waals surface area contributed by atoms with E-state index in [0.29, 0.717) is 32.1 Å². The number of carbonyl (C=O) groups excluding carboxylic acids is 1. The lowest BCUT2D eigenvalue weighted by Gasteiger charge is -2.08. The molecule has 3 aromatic rings. The SMILES string of the molecule is COC(=O)c1cc2cc[nH]c(=O)c2c2cc(Cl)ccc12. The maximum atomic E-state index is 12.0. The number of esters is 1. The van der Waals surface area contributed by atoms with E-state index in [1.54, 1.807) is 36.5 Å². The van der Waals surface area contributed by atoms with E-state index in [0.717, 1.165) is 0 Å². The van der Waals surface area contributed by atoms with E-state index in [1.807, 2.05) is 0 Å². The highest BCUT2D eigenvalue weighted by molar-refractivity contribution is 6.32. The monoisotopic (exact) mass is 287 g/mol. The second kappa shape index (κ2) is 4.65. The molecule has 100 valence electrons. The van der Waals surface area contributed by atoms with Gasteiger partial charge in [-0.25, -0.2) is 4.79 Å². The van der Waals surface area contributed by atoms with Crippen LogP contribution in [0.3, 0.4) is 0 Å². The predicted octanol–water partition coefficient (Wildman–Crippen LogP) is 3.12. The number of benzene rings is 2. The van der Waals surface area contributed by atoms with Gasteiger partial charge in [0.25, 0.3) is 5.56 Å². The van der Waals surface area contributed by atoms with Crippen molar-refractivity contribution in [2.45, 2.75) is 0 Å². The van der Waals surface area contributed by atoms with Crippen LogP contribution in [0.15, 0.2) is 41.3 Å². The van der Waals surface area contributed by atoms with Crippen LogP contribution < -0.4 is 5.56 Å². The fourth-order valence-electron chi connectivity index (χ4n) is 2.36. The molecule has 0 saturated heterocycles. The Morgan fingerprint density at radius 2 is 2.00 bits per heavy atom. The van der Waals surface area contributed by atoms with Gasteiger partial charge in [-0.2, -0.15) is 0 Å². The number of methoxy groups -OCH3 is 1. The average molecular weight is 288 g/mol. The topological polar surface area (TPSA) is 59.2 Å². The number of fused-ring (bicyclic) bond motifs is 3. The molecule has 0 unspecified atom stereocenters. The highest BCUT2D eigenvalue weighted by Crippen LogP contribution is 2.29. The highest BCUT2D eigenvalue weighted by Gasteiger charge is 2.15. The minimum absolute atomic E-state index is 0.216. The molecule has 0 aliphatic heterocycles. The number of H-pyrrole nitrogens is 1. The molecule has 0 radical (unpaired) electrons. The number of halogens is 1. The third kappa shape index (κ3) is 1.85. The lowest BCUT2D eigenvalue weighted by molar-refractivity contribution is 0.0603. The van der Waals surface area contributed by atoms with Gasteiger partial charge in [0.2, 0.25) is 0 Å². The minimum Gasteiger partial charge on any atom is -0.465 e. The Balaban J connectivity index is 2.59. The van der Waals surface area contributed by atoms with Crippen molar-refractivity contribution < 1.29 is 9.53 Å². The van der Waals surface area contributed by atoms with Crippen LogP contribution in [0.25, 0.3) is 21.5 Å². The van der Waals surface area contributed by atoms with Gasteiger partial charge in [-0.15, -0.1) is 0 Å². The van der Waals surface area contributed by atoms with E-state index in [9.17, 15) is 9.59 Å². The van der Waals surface area contributed by atoms with E-state index in [-0.39, 0.29) is 5.56 Å². The molecular weight excluding hydrogens is 278 g/mol. The summed E-state index contributed by atoms with van der Waals surface area (Å²) in [7, 11) is 1.33. The minimum atomic E-state index is -0.445. The number of pyridine rings is 1. The highest BCUT2D eigenvalue weighted by atomic mass is 35.5. The van der Waals surface area contributed by atoms with Crippen molar-refractivity contribution in [3.8, 4) is 0 Å². The first-order valence-electron chi connectivity index (χ1n) is 5.94. The number of nitrogens with one attached hydrogen (secondary N) is 1. The maximum absolute atomic E-state index is 12.0. The molecule has 0 aliphatic carbocycles. The first-order chi connectivity index (χ1) is 9.61. The molecule has 1 N–H and O–H groups in total. The fourth-order valence-corrected chi connectivity index (χ4v) is 2.53. The molecule has 2 aromatic carbocycles. The largest absolute Gasteiger partial charge is 0.465 e. The molecule has 0 spiro atoms. The number of aromatic nitrogens is 1. The number of rotatable bonds is 1. The number of hydrogen-bond acceptors (Lipinski definition) is 3. The predicted molar refractivity (Wildman–Crippen MR) is 78.4 cm³/mol. The summed E-state index contributed by atoms with van der Waals surface area (Å²) in [4.78, 5) is 26.6. The Kier molecular flexibility index (Phi) is 2.95. The zero-order valence-electron chi connectivity index (χ0n) is 10.6. The van der Waals surface area contributed by atoms with E-state index in [2.05, 4.69) is 4.98 Å². The van der Waals surface area contributed by atoms with Gasteiger partial charge < -0.3 is 9.72 Å². The molecule has 0 saturated carbocycles. The fraction of sp³-hybridized carbons (Fsp3) is 0.0667. The molecule has 5 heteroatoms. The summed E-state index contributed by atoms with van der Waals surface area (Å²) in [5, 5.41) is 2.97. The first kappa shape index (κ1) is 12.7. The van der Waals surface area contributed by atoms with Crippen LogP contribution in [0.1, 0.15) is 10.4 Å². The summed E-state index contributed by atoms with van der Waals surface area (Å²) in [6.45, 7) is 0. The molecule has 0 aliphatic rings. The summed E-state index contributed by atoms with van der Waals surface area (Å²) < 4.78 is 4.80. The Morgan fingerprint density at radius 3 is 2.75 bits per heavy atom. The second-order valence-electron chi connectivity index (χ2n) is 4.38. The van der Waals surface area contributed by atoms with Crippen molar-refractivity contribution in [2.75, 3.05) is 7.11 Å². The average Bonchev–Trinajstić information content (AvgIpc) is 2.45. The lowest BCUT2D eigenvalue weighted by Crippen LogP contribution is -2.08. The van der Waals surface area contributed by atoms with E-state index in [1.165, 1.54) is 7.11 Å². The van der Waals surface area contributed by atoms with Crippen LogP contribution in [0.4, 0.5) is 0 Å². The van der Waals surface area contributed by atoms with Gasteiger partial charge in [-0.1, -0.05) is 17.7 Å². The summed E-state index contributed by atoms with van der Waals surface area (Å²) >= 11 is 6.01. The van der Waals surface area contributed by atoms with E-state index >= 15 is 0 Å². The van der Waals surface area contributed by atoms with Crippen molar-refractivity contribution in [1.82, 2.24) is 4.98 Å². The lowest BCUT2D eigenvalue weighted by atomic mass is 9.98. The Labute approximate surface area is 118 Å². The molecule has 0 bridgehead atoms. The maximum Gasteiger partial charge on any atom is 0.338 e. The second-order valence-corrected chi connectivity index (χ2v) is 4.81. The normalized spacial score (nSPS) is 10.9. The Bertz CT molecular complexity index is 899. The van der Waals surface area contributed by atoms with Crippen LogP contribution in [-0.4, -0.2) is 18.1 Å². The third-order valence-corrected chi connectivity index (χ3v) is 3.47. The molecule has 0 atom stereocenters. The molecular formula is C15H10ClNO3. The van der Waals surface area contributed by atoms with Gasteiger partial charge in [0.15, 0.2) is 0 Å². The van der Waals surface area contributed by atoms with Crippen molar-refractivity contribution in [2.24, 2.45) is 0 Å². The van der Waals surface area contributed by atoms with Crippen LogP contribution in [0, 0.1) is 0 Å². The van der Waals surface area contributed by atoms with Gasteiger partial charge in [-0.3, -0.25) is 4.79 Å². The van der Waals surface area contributed by atoms with Crippen molar-refractivity contribution in [3.63, 3.8) is 0 Å². The zero-order chi connectivity index (χ0) is 14.3. The van der Waals surface area contributed by atoms with Gasteiger partial charge in [-0.05, 0) is 40.4 Å². The quantitative estimate of drug-likeness (QED) is 0.552. The standard InChI is InChI=1S/C15H10ClNO3/c1-20-15(19)12-6-8-4-5-17-14(18)13(8)11-7-9(16)2-3-10(11)12/h2-7H,1H3,(H,17,18). The number of aromatic amines is 1. The summed E-state index contributed by atoms with van der Waals surface area (Å²) in [6, 6.07) is 8.48. The van der Waals surface area contributed by atoms with E-state index in [4.69, 9.17) is 16.3 Å². The van der Waals surface area contributed by atoms with Gasteiger partial charge in [0.1, 0.15) is 0 Å². The molecule has 4 nitrogen and oxygen atoms in total. The van der Waals surface area contributed by atoms with Crippen LogP contribution in [0.5, 0.6) is 0 Å². The van der Waals surface area contributed by atoms with Gasteiger partial charge >= 0.3 is 5.97 Å². The van der Waals surface area contributed by atoms with Crippen LogP contribution in [0.2, 0.25) is 5.02 Å². The Hall–Kier alpha value is -2.33. The van der Waals surface area contributed by atoms with Gasteiger partial charge in [0.05, 0.1) is 18.1 Å². The van der Waals surface area contributed by atoms with Gasteiger partial charge in [0, 0.05) is 11.2 Å². The van der Waals surface area contributed by atoms with Crippen molar-refractivity contribution in [3.05, 3.63) is 57.5 Å². The zero-order valence-corrected chi connectivity index (χ0v) is 11.3. The molecule has 20 heavy (non-hydrogen) atoms. The number of carbonyl (C=O) groups is 1. The third-order valence-electron chi connectivity index (χ3n) is 3.24. The van der Waals surface area contributed by atoms with Crippen molar-refractivity contribution >= 4 is 39.1 Å². The summed E-state index contributed by atoms with van der Waals surface area (Å²) in [5.74, 6) is -0.445. The summed E-state index contributed by atoms with van der Waals surface area (Å²) in [6.07, 6.45) is 1.54. The molecule has 0 fully saturated rings. The van der Waals surface area contributed by atoms with E-state index < -0.39 is 5.97 Å². The molecule has 3 rings (SSSR count). The van der Waals surface area contributed by atoms with Crippen LogP contribution in [-0.2, 0) is 4.74 Å². The first-order valence-corrected chi connectivity index (χ1v) is 6.31. The summed E-state index contributed by atoms with van der Waals surface area (Å²) in [5.41, 5.74) is 0.198. The van der Waals surface area contributed by atoms with Crippen LogP contribution >= 0.6 is 11.6 Å². The molecule has 0 amide bonds.